The van der Waals surface area contributed by atoms with E-state index >= 15 is 0 Å². The molecule has 0 aliphatic heterocycles. The summed E-state index contributed by atoms with van der Waals surface area (Å²) in [6, 6.07) is 0. The minimum absolute atomic E-state index is 0.749. The van der Waals surface area contributed by atoms with Gasteiger partial charge in [-0.15, -0.1) is 0 Å². The Kier molecular flexibility index (Phi) is 14.7. The van der Waals surface area contributed by atoms with E-state index in [1.54, 1.807) is 0 Å². The standard InChI is InChI=1S/C7H17NO6.C6H12O7/c1-8-7(14)6(13)5(12)4(11)3(10)2-9;7-1-2(8)3(9)4(10)5(11)6(12)13/h3-14H,2H2,1H3;2-5,7-11H,1H2,(H,12,13)/t3-,4-,5+,6-,7?;2-,3-,4+,5-/m11/s1. The number of hydrogen-bond acceptors (Lipinski definition) is 13. The molecule has 0 aromatic rings. The second-order valence-electron chi connectivity index (χ2n) is 5.47. The molecule has 0 fully saturated rings. The van der Waals surface area contributed by atoms with E-state index in [1.807, 2.05) is 0 Å². The Morgan fingerprint density at radius 3 is 1.37 bits per heavy atom. The van der Waals surface area contributed by atoms with Crippen molar-refractivity contribution >= 4 is 5.97 Å². The SMILES string of the molecule is CNC(O)[C@H](O)[C@@H](O)[C@H](O)[C@H](O)CO.O=C(O)[C@H](O)[C@@H](O)[C@H](O)[C@H](O)CO. The van der Waals surface area contributed by atoms with Crippen molar-refractivity contribution in [2.75, 3.05) is 20.3 Å². The van der Waals surface area contributed by atoms with Gasteiger partial charge in [-0.1, -0.05) is 0 Å². The Bertz CT molecular complexity index is 384. The zero-order chi connectivity index (χ0) is 21.9. The minimum atomic E-state index is -2.20. The molecule has 9 atom stereocenters. The molecule has 14 heteroatoms. The molecule has 0 bridgehead atoms. The van der Waals surface area contributed by atoms with Crippen molar-refractivity contribution in [3.8, 4) is 0 Å². The lowest BCUT2D eigenvalue weighted by atomic mass is 10.0. The van der Waals surface area contributed by atoms with E-state index in [0.717, 1.165) is 0 Å². The summed E-state index contributed by atoms with van der Waals surface area (Å²) in [6.07, 6.45) is -16.0. The average molecular weight is 407 g/mol. The van der Waals surface area contributed by atoms with E-state index in [9.17, 15) is 15.0 Å². The largest absolute Gasteiger partial charge is 0.479 e. The van der Waals surface area contributed by atoms with Crippen molar-refractivity contribution in [2.24, 2.45) is 0 Å². The van der Waals surface area contributed by atoms with Crippen LogP contribution in [0.4, 0.5) is 0 Å². The maximum absolute atomic E-state index is 10.1. The highest BCUT2D eigenvalue weighted by Gasteiger charge is 2.34. The zero-order valence-corrected chi connectivity index (χ0v) is 14.4. The Hall–Kier alpha value is -1.01. The molecule has 0 heterocycles. The molecule has 13 N–H and O–H groups in total. The number of carboxylic acid groups (broad SMARTS) is 1. The van der Waals surface area contributed by atoms with Gasteiger partial charge in [0.1, 0.15) is 49.0 Å². The minimum Gasteiger partial charge on any atom is -0.479 e. The summed E-state index contributed by atoms with van der Waals surface area (Å²) in [5.41, 5.74) is 0. The fraction of sp³-hybridized carbons (Fsp3) is 0.923. The van der Waals surface area contributed by atoms with Crippen molar-refractivity contribution < 1.29 is 66.1 Å². The highest BCUT2D eigenvalue weighted by molar-refractivity contribution is 5.72. The number of rotatable bonds is 11. The quantitative estimate of drug-likeness (QED) is 0.142. The Balaban J connectivity index is 0. The summed E-state index contributed by atoms with van der Waals surface area (Å²) in [6.45, 7) is -1.59. The third-order valence-corrected chi connectivity index (χ3v) is 3.41. The Morgan fingerprint density at radius 1 is 0.704 bits per heavy atom. The molecule has 0 aliphatic rings. The van der Waals surface area contributed by atoms with E-state index in [1.165, 1.54) is 7.05 Å². The lowest BCUT2D eigenvalue weighted by molar-refractivity contribution is -0.164. The first-order chi connectivity index (χ1) is 12.4. The maximum Gasteiger partial charge on any atom is 0.335 e. The van der Waals surface area contributed by atoms with E-state index in [4.69, 9.17) is 51.1 Å². The van der Waals surface area contributed by atoms with E-state index in [-0.39, 0.29) is 0 Å². The van der Waals surface area contributed by atoms with Gasteiger partial charge in [-0.3, -0.25) is 5.32 Å². The van der Waals surface area contributed by atoms with Crippen LogP contribution in [0.1, 0.15) is 0 Å². The Morgan fingerprint density at radius 2 is 1.07 bits per heavy atom. The first-order valence-corrected chi connectivity index (χ1v) is 7.61. The highest BCUT2D eigenvalue weighted by atomic mass is 16.4. The number of likely N-dealkylation sites (N-methyl/N-ethyl adjacent to an activating group) is 1. The number of hydrogen-bond donors (Lipinski definition) is 13. The molecule has 0 aromatic carbocycles. The van der Waals surface area contributed by atoms with Gasteiger partial charge in [-0.2, -0.15) is 0 Å². The van der Waals surface area contributed by atoms with Gasteiger partial charge in [0, 0.05) is 0 Å². The van der Waals surface area contributed by atoms with Crippen molar-refractivity contribution in [3.05, 3.63) is 0 Å². The fourth-order valence-electron chi connectivity index (χ4n) is 1.56. The molecular formula is C13H29NO13. The second-order valence-corrected chi connectivity index (χ2v) is 5.47. The monoisotopic (exact) mass is 407 g/mol. The van der Waals surface area contributed by atoms with Crippen LogP contribution in [0, 0.1) is 0 Å². The summed E-state index contributed by atoms with van der Waals surface area (Å²) in [5, 5.41) is 108. The van der Waals surface area contributed by atoms with Crippen LogP contribution in [0.5, 0.6) is 0 Å². The van der Waals surface area contributed by atoms with E-state index in [2.05, 4.69) is 5.32 Å². The highest BCUT2D eigenvalue weighted by Crippen LogP contribution is 2.07. The van der Waals surface area contributed by atoms with Gasteiger partial charge < -0.3 is 61.3 Å². The molecule has 0 spiro atoms. The van der Waals surface area contributed by atoms with Crippen LogP contribution in [0.15, 0.2) is 0 Å². The summed E-state index contributed by atoms with van der Waals surface area (Å²) in [7, 11) is 1.34. The second kappa shape index (κ2) is 14.1. The molecule has 27 heavy (non-hydrogen) atoms. The molecular weight excluding hydrogens is 378 g/mol. The summed E-state index contributed by atoms with van der Waals surface area (Å²) in [5.74, 6) is -1.73. The molecule has 0 radical (unpaired) electrons. The predicted molar refractivity (Wildman–Crippen MR) is 84.9 cm³/mol. The number of nitrogens with one attached hydrogen (secondary N) is 1. The zero-order valence-electron chi connectivity index (χ0n) is 14.4. The van der Waals surface area contributed by atoms with Crippen LogP contribution in [-0.2, 0) is 4.79 Å². The van der Waals surface area contributed by atoms with E-state index in [0.29, 0.717) is 0 Å². The van der Waals surface area contributed by atoms with Crippen molar-refractivity contribution in [2.45, 2.75) is 55.1 Å². The topological polar surface area (TPSA) is 272 Å². The van der Waals surface area contributed by atoms with Crippen LogP contribution in [0.2, 0.25) is 0 Å². The van der Waals surface area contributed by atoms with Gasteiger partial charge in [-0.05, 0) is 7.05 Å². The molecule has 164 valence electrons. The van der Waals surface area contributed by atoms with Gasteiger partial charge in [0.05, 0.1) is 13.2 Å². The molecule has 0 rings (SSSR count). The van der Waals surface area contributed by atoms with Gasteiger partial charge in [-0.25, -0.2) is 4.79 Å². The van der Waals surface area contributed by atoms with Crippen molar-refractivity contribution in [1.82, 2.24) is 5.32 Å². The van der Waals surface area contributed by atoms with Crippen LogP contribution in [0.3, 0.4) is 0 Å². The summed E-state index contributed by atoms with van der Waals surface area (Å²) >= 11 is 0. The number of aliphatic hydroxyl groups is 11. The van der Waals surface area contributed by atoms with Gasteiger partial charge >= 0.3 is 5.97 Å². The molecule has 0 saturated carbocycles. The number of carbonyl (C=O) groups is 1. The van der Waals surface area contributed by atoms with Gasteiger partial charge in [0.15, 0.2) is 6.10 Å². The van der Waals surface area contributed by atoms with Crippen molar-refractivity contribution in [3.63, 3.8) is 0 Å². The smallest absolute Gasteiger partial charge is 0.335 e. The van der Waals surface area contributed by atoms with Crippen LogP contribution in [-0.4, -0.2) is 143 Å². The fourth-order valence-corrected chi connectivity index (χ4v) is 1.56. The summed E-state index contributed by atoms with van der Waals surface area (Å²) in [4.78, 5) is 10.1. The van der Waals surface area contributed by atoms with Crippen molar-refractivity contribution in [1.29, 1.82) is 0 Å². The normalized spacial score (nSPS) is 21.5. The Labute approximate surface area is 153 Å². The van der Waals surface area contributed by atoms with Crippen LogP contribution in [0.25, 0.3) is 0 Å². The number of aliphatic carboxylic acids is 1. The third kappa shape index (κ3) is 9.65. The third-order valence-electron chi connectivity index (χ3n) is 3.41. The van der Waals surface area contributed by atoms with E-state index < -0.39 is 74.2 Å². The molecule has 0 amide bonds. The predicted octanol–water partition coefficient (Wildman–Crippen LogP) is -7.53. The van der Waals surface area contributed by atoms with Gasteiger partial charge in [0.2, 0.25) is 0 Å². The first kappa shape index (κ1) is 28.2. The lowest BCUT2D eigenvalue weighted by Crippen LogP contribution is -2.53. The number of aliphatic hydroxyl groups excluding tert-OH is 11. The first-order valence-electron chi connectivity index (χ1n) is 7.61. The van der Waals surface area contributed by atoms with Crippen LogP contribution < -0.4 is 5.32 Å². The van der Waals surface area contributed by atoms with Gasteiger partial charge in [0.25, 0.3) is 0 Å². The number of carboxylic acids is 1. The average Bonchev–Trinajstić information content (AvgIpc) is 2.68. The molecule has 0 aliphatic carbocycles. The lowest BCUT2D eigenvalue weighted by Gasteiger charge is -2.28. The van der Waals surface area contributed by atoms with Crippen LogP contribution >= 0.6 is 0 Å². The summed E-state index contributed by atoms with van der Waals surface area (Å²) < 4.78 is 0. The molecule has 14 nitrogen and oxygen atoms in total. The molecule has 0 saturated heterocycles. The maximum atomic E-state index is 10.1. The molecule has 1 unspecified atom stereocenters. The molecule has 0 aromatic heterocycles.